The van der Waals surface area contributed by atoms with Gasteiger partial charge < -0.3 is 22.7 Å². The second kappa shape index (κ2) is 31.6. The van der Waals surface area contributed by atoms with Crippen molar-refractivity contribution in [3.05, 3.63) is 461 Å². The van der Waals surface area contributed by atoms with Crippen LogP contribution in [0.1, 0.15) is 0 Å². The molecule has 0 fully saturated rings. The Bertz CT molecular complexity index is 11000. The molecule has 0 amide bonds. The molecule has 143 heavy (non-hydrogen) atoms. The van der Waals surface area contributed by atoms with E-state index in [0.29, 0.717) is 0 Å². The lowest BCUT2D eigenvalue weighted by atomic mass is 9.97. The van der Waals surface area contributed by atoms with Crippen LogP contribution in [0.5, 0.6) is 0 Å². The molecule has 0 saturated heterocycles. The average Bonchev–Trinajstić information content (AvgIpc) is 1.56. The molecule has 12 aromatic heterocycles. The molecule has 7 nitrogen and oxygen atoms in total. The first-order chi connectivity index (χ1) is 70.9. The first kappa shape index (κ1) is 80.6. The van der Waals surface area contributed by atoms with Gasteiger partial charge in [-0.15, -0.1) is 56.7 Å². The Labute approximate surface area is 836 Å². The lowest BCUT2D eigenvalue weighted by Crippen LogP contribution is -1.95. The third kappa shape index (κ3) is 12.2. The van der Waals surface area contributed by atoms with Crippen LogP contribution in [0.25, 0.3) is 294 Å². The fourth-order valence-electron chi connectivity index (χ4n) is 23.6. The van der Waals surface area contributed by atoms with Crippen LogP contribution in [0.2, 0.25) is 0 Å². The topological polar surface area (TPSA) is 50.7 Å². The van der Waals surface area contributed by atoms with E-state index >= 15 is 0 Å². The minimum atomic E-state index is 0.924. The van der Waals surface area contributed by atoms with Gasteiger partial charge in [0.05, 0.1) is 49.7 Å². The zero-order chi connectivity index (χ0) is 93.3. The van der Waals surface area contributed by atoms with Gasteiger partial charge in [0.25, 0.3) is 0 Å². The summed E-state index contributed by atoms with van der Waals surface area (Å²) in [6.45, 7) is 0. The number of pyridine rings is 1. The Hall–Kier alpha value is -17.3. The summed E-state index contributed by atoms with van der Waals surface area (Å²) in [4.78, 5) is 4.78. The summed E-state index contributed by atoms with van der Waals surface area (Å²) in [7, 11) is 0. The highest BCUT2D eigenvalue weighted by atomic mass is 32.1. The smallest absolute Gasteiger partial charge is 0.145 e. The molecule has 0 aliphatic heterocycles. The number of hydrogen-bond donors (Lipinski definition) is 0. The number of fused-ring (bicyclic) bond motifs is 33. The highest BCUT2D eigenvalue weighted by molar-refractivity contribution is 7.28. The quantitative estimate of drug-likeness (QED) is 0.152. The minimum absolute atomic E-state index is 0.924. The van der Waals surface area contributed by atoms with E-state index in [1.165, 1.54) is 266 Å². The minimum Gasteiger partial charge on any atom is -0.456 e. The van der Waals surface area contributed by atoms with E-state index in [4.69, 9.17) is 9.40 Å². The van der Waals surface area contributed by atoms with Crippen molar-refractivity contribution in [1.29, 1.82) is 0 Å². The molecule has 0 atom stereocenters. The van der Waals surface area contributed by atoms with Crippen molar-refractivity contribution in [3.63, 3.8) is 0 Å². The fraction of sp³-hybridized carbons (Fsp3) is 0. The maximum absolute atomic E-state index is 6.21. The summed E-state index contributed by atoms with van der Waals surface area (Å²) in [6, 6.07) is 166. The predicted molar refractivity (Wildman–Crippen MR) is 617 cm³/mol. The van der Waals surface area contributed by atoms with E-state index < -0.39 is 0 Å². The van der Waals surface area contributed by atoms with Crippen molar-refractivity contribution in [2.75, 3.05) is 0 Å². The SMILES string of the molecule is c1cc(-c2cccc3c2sc2ccc(-n4c5ccccc5c5ccccc54)cc23)c2c(c1)sc1ccc(-n3c4ccccc4c4ccccc43)cc12.c1ccc2c(c1)oc1cccc(-c3cccc4c3sc3ccc(-n5c6ccccc6c6cccnc65)cc34)c12.c1ccc2c(c1)sc1cccc(-c3cccc4c3sc3ccc(-n5c6ccccc6c6cc(-n7c8ccccc8c8ccccc87)ccc65)cc34)c12. The van der Waals surface area contributed by atoms with Crippen LogP contribution in [0, 0.1) is 0 Å². The molecule has 12 heteroatoms. The monoisotopic (exact) mass is 1910 g/mol. The molecule has 12 heterocycles. The maximum atomic E-state index is 6.21. The molecule has 33 rings (SSSR count). The number of para-hydroxylation sites is 9. The average molecular weight is 1910 g/mol. The number of benzene rings is 21. The molecule has 666 valence electrons. The van der Waals surface area contributed by atoms with Gasteiger partial charge in [0.2, 0.25) is 0 Å². The van der Waals surface area contributed by atoms with Crippen LogP contribution >= 0.6 is 56.7 Å². The van der Waals surface area contributed by atoms with Crippen molar-refractivity contribution in [1.82, 2.24) is 27.8 Å². The van der Waals surface area contributed by atoms with Gasteiger partial charge in [0, 0.05) is 217 Å². The van der Waals surface area contributed by atoms with Crippen LogP contribution in [0.4, 0.5) is 0 Å². The van der Waals surface area contributed by atoms with E-state index in [1.807, 2.05) is 81.1 Å². The Morgan fingerprint density at radius 1 is 0.161 bits per heavy atom. The summed E-state index contributed by atoms with van der Waals surface area (Å²) >= 11 is 9.44. The third-order valence-electron chi connectivity index (χ3n) is 29.7. The van der Waals surface area contributed by atoms with Gasteiger partial charge in [-0.25, -0.2) is 4.98 Å². The molecule has 0 aliphatic carbocycles. The number of thiophene rings is 5. The molecule has 0 unspecified atom stereocenters. The zero-order valence-electron chi connectivity index (χ0n) is 76.5. The number of aromatic nitrogens is 6. The van der Waals surface area contributed by atoms with E-state index in [1.54, 1.807) is 0 Å². The largest absolute Gasteiger partial charge is 0.456 e. The molecule has 33 aromatic rings. The van der Waals surface area contributed by atoms with E-state index in [2.05, 4.69) is 460 Å². The van der Waals surface area contributed by atoms with Crippen molar-refractivity contribution >= 4 is 289 Å². The van der Waals surface area contributed by atoms with E-state index in [9.17, 15) is 0 Å². The van der Waals surface area contributed by atoms with Gasteiger partial charge in [-0.05, 0) is 199 Å². The second-order valence-electron chi connectivity index (χ2n) is 37.3. The van der Waals surface area contributed by atoms with Gasteiger partial charge in [-0.1, -0.05) is 273 Å². The zero-order valence-corrected chi connectivity index (χ0v) is 80.6. The first-order valence-corrected chi connectivity index (χ1v) is 52.5. The lowest BCUT2D eigenvalue weighted by molar-refractivity contribution is 0.669. The molecular formula is C131H76N6OS5. The molecule has 0 bridgehead atoms. The van der Waals surface area contributed by atoms with Crippen LogP contribution in [0.3, 0.4) is 0 Å². The van der Waals surface area contributed by atoms with Gasteiger partial charge >= 0.3 is 0 Å². The van der Waals surface area contributed by atoms with Crippen molar-refractivity contribution in [2.45, 2.75) is 0 Å². The highest BCUT2D eigenvalue weighted by Gasteiger charge is 2.26. The Morgan fingerprint density at radius 3 is 0.874 bits per heavy atom. The van der Waals surface area contributed by atoms with Crippen LogP contribution < -0.4 is 0 Å². The van der Waals surface area contributed by atoms with E-state index in [0.717, 1.165) is 27.9 Å². The summed E-state index contributed by atoms with van der Waals surface area (Å²) in [5.74, 6) is 0. The van der Waals surface area contributed by atoms with Gasteiger partial charge in [-0.2, -0.15) is 0 Å². The van der Waals surface area contributed by atoms with Crippen molar-refractivity contribution < 1.29 is 4.42 Å². The fourth-order valence-corrected chi connectivity index (χ4v) is 29.5. The number of hydrogen-bond acceptors (Lipinski definition) is 7. The molecule has 0 radical (unpaired) electrons. The molecular weight excluding hydrogens is 1830 g/mol. The van der Waals surface area contributed by atoms with Gasteiger partial charge in [0.15, 0.2) is 0 Å². The Morgan fingerprint density at radius 2 is 0.434 bits per heavy atom. The molecule has 0 spiro atoms. The third-order valence-corrected chi connectivity index (χ3v) is 35.6. The standard InChI is InChI=1S/2C48H28N2S2.C35H20N2OS/c1-5-18-40-31(11-1)32-12-2-6-19-41(32)49(40)29-23-25-43-38(27-29)33-13-3-7-20-42(33)50(43)30-24-26-45-39(28-30)36-17-9-16-35(48(36)52-45)34-15-10-22-46-47(34)37-14-4-8-21-44(37)51-46;1-5-18-40-31(11-1)32-12-2-6-19-41(32)49(40)29-23-25-44-38(27-29)37-17-9-16-36(48(37)52-44)35-15-10-22-46-47(35)39-28-30(24-26-45(39)51-46)50-42-20-7-3-13-33(42)34-14-4-8-21-43(34)50;1-3-14-29-22(8-1)26-13-7-19-36-35(26)37(29)21-17-18-32-28(20-21)25-12-5-11-24(34(25)39-32)23-10-6-16-31-33(23)27-9-2-4-15-30(27)38-31/h2*1-28H;1-20H. The predicted octanol–water partition coefficient (Wildman–Crippen LogP) is 38.7. The summed E-state index contributed by atoms with van der Waals surface area (Å²) in [5.41, 5.74) is 27.3. The van der Waals surface area contributed by atoms with Crippen molar-refractivity contribution in [2.24, 2.45) is 0 Å². The van der Waals surface area contributed by atoms with E-state index in [-0.39, 0.29) is 0 Å². The summed E-state index contributed by atoms with van der Waals surface area (Å²) in [5, 5.41) is 28.0. The van der Waals surface area contributed by atoms with Crippen LogP contribution in [-0.2, 0) is 0 Å². The first-order valence-electron chi connectivity index (χ1n) is 48.4. The molecule has 0 N–H and O–H groups in total. The Balaban J connectivity index is 0.0000000993. The van der Waals surface area contributed by atoms with Crippen LogP contribution in [0.15, 0.2) is 466 Å². The number of nitrogens with zero attached hydrogens (tertiary/aromatic N) is 6. The normalized spacial score (nSPS) is 12.2. The number of furan rings is 1. The summed E-state index contributed by atoms with van der Waals surface area (Å²) in [6.07, 6.45) is 1.88. The molecule has 21 aromatic carbocycles. The number of rotatable bonds is 8. The molecule has 0 aliphatic rings. The Kier molecular flexibility index (Phi) is 17.8. The second-order valence-corrected chi connectivity index (χ2v) is 42.6. The van der Waals surface area contributed by atoms with Crippen molar-refractivity contribution in [3.8, 4) is 61.8 Å². The lowest BCUT2D eigenvalue weighted by Gasteiger charge is -2.11. The van der Waals surface area contributed by atoms with Gasteiger partial charge in [0.1, 0.15) is 16.8 Å². The molecule has 0 saturated carbocycles. The maximum Gasteiger partial charge on any atom is 0.145 e. The summed E-state index contributed by atoms with van der Waals surface area (Å²) < 4.78 is 31.4. The van der Waals surface area contributed by atoms with Crippen LogP contribution in [-0.4, -0.2) is 27.8 Å². The van der Waals surface area contributed by atoms with Gasteiger partial charge in [-0.3, -0.25) is 4.57 Å². The highest BCUT2D eigenvalue weighted by Crippen LogP contribution is 2.53.